The van der Waals surface area contributed by atoms with Crippen LogP contribution in [0.25, 0.3) is 11.1 Å². The van der Waals surface area contributed by atoms with Gasteiger partial charge in [-0.25, -0.2) is 0 Å². The lowest BCUT2D eigenvalue weighted by atomic mass is 9.96. The van der Waals surface area contributed by atoms with Crippen LogP contribution in [-0.2, 0) is 22.6 Å². The SMILES string of the molecule is CCCCCCCC(=O)N(C)Cc1cc(-c2ccccc2)ccc1CCC(=O)O. The second-order valence-electron chi connectivity index (χ2n) is 7.66. The van der Waals surface area contributed by atoms with Crippen LogP contribution in [0.2, 0.25) is 0 Å². The van der Waals surface area contributed by atoms with E-state index in [0.717, 1.165) is 35.1 Å². The van der Waals surface area contributed by atoms with Gasteiger partial charge in [0, 0.05) is 26.4 Å². The minimum Gasteiger partial charge on any atom is -0.481 e. The van der Waals surface area contributed by atoms with Gasteiger partial charge in [-0.2, -0.15) is 0 Å². The number of aliphatic carboxylic acids is 1. The molecular weight excluding hydrogens is 362 g/mol. The highest BCUT2D eigenvalue weighted by Gasteiger charge is 2.13. The molecule has 0 heterocycles. The summed E-state index contributed by atoms with van der Waals surface area (Å²) in [5, 5.41) is 9.06. The maximum absolute atomic E-state index is 12.5. The van der Waals surface area contributed by atoms with E-state index in [0.29, 0.717) is 19.4 Å². The number of carbonyl (C=O) groups is 2. The third kappa shape index (κ3) is 7.72. The predicted octanol–water partition coefficient (Wildman–Crippen LogP) is 5.69. The standard InChI is InChI=1S/C25H33NO3/c1-3-4-5-6-10-13-24(27)26(2)19-23-18-22(20-11-8-7-9-12-20)15-14-21(23)16-17-25(28)29/h7-9,11-12,14-15,18H,3-6,10,13,16-17,19H2,1-2H3,(H,28,29). The van der Waals surface area contributed by atoms with E-state index < -0.39 is 5.97 Å². The lowest BCUT2D eigenvalue weighted by Gasteiger charge is -2.20. The van der Waals surface area contributed by atoms with Gasteiger partial charge in [0.2, 0.25) is 5.91 Å². The van der Waals surface area contributed by atoms with Crippen LogP contribution in [0.5, 0.6) is 0 Å². The van der Waals surface area contributed by atoms with Crippen molar-refractivity contribution < 1.29 is 14.7 Å². The Kier molecular flexibility index (Phi) is 9.42. The summed E-state index contributed by atoms with van der Waals surface area (Å²) in [5.74, 6) is -0.657. The minimum atomic E-state index is -0.806. The fraction of sp³-hybridized carbons (Fsp3) is 0.440. The normalized spacial score (nSPS) is 10.7. The number of amides is 1. The lowest BCUT2D eigenvalue weighted by Crippen LogP contribution is -2.26. The first-order valence-corrected chi connectivity index (χ1v) is 10.6. The van der Waals surface area contributed by atoms with Gasteiger partial charge in [-0.05, 0) is 41.2 Å². The van der Waals surface area contributed by atoms with E-state index in [9.17, 15) is 9.59 Å². The summed E-state index contributed by atoms with van der Waals surface area (Å²) in [4.78, 5) is 25.3. The van der Waals surface area contributed by atoms with Gasteiger partial charge in [-0.3, -0.25) is 9.59 Å². The summed E-state index contributed by atoms with van der Waals surface area (Å²) in [5.41, 5.74) is 4.22. The Morgan fingerprint density at radius 1 is 0.862 bits per heavy atom. The van der Waals surface area contributed by atoms with Gasteiger partial charge in [0.1, 0.15) is 0 Å². The van der Waals surface area contributed by atoms with E-state index in [1.54, 1.807) is 4.90 Å². The van der Waals surface area contributed by atoms with Gasteiger partial charge in [0.25, 0.3) is 0 Å². The molecule has 0 unspecified atom stereocenters. The number of carbonyl (C=O) groups excluding carboxylic acids is 1. The van der Waals surface area contributed by atoms with E-state index in [2.05, 4.69) is 25.1 Å². The highest BCUT2D eigenvalue weighted by Crippen LogP contribution is 2.24. The lowest BCUT2D eigenvalue weighted by molar-refractivity contribution is -0.137. The molecule has 0 aliphatic carbocycles. The first kappa shape index (κ1) is 22.7. The zero-order chi connectivity index (χ0) is 21.1. The van der Waals surface area contributed by atoms with E-state index in [-0.39, 0.29) is 12.3 Å². The average molecular weight is 396 g/mol. The van der Waals surface area contributed by atoms with Crippen LogP contribution in [0.3, 0.4) is 0 Å². The van der Waals surface area contributed by atoms with Crippen molar-refractivity contribution in [1.82, 2.24) is 4.90 Å². The quantitative estimate of drug-likeness (QED) is 0.470. The maximum atomic E-state index is 12.5. The second kappa shape index (κ2) is 12.1. The third-order valence-electron chi connectivity index (χ3n) is 5.25. The molecule has 0 saturated carbocycles. The predicted molar refractivity (Wildman–Crippen MR) is 118 cm³/mol. The number of aryl methyl sites for hydroxylation is 1. The Hall–Kier alpha value is -2.62. The van der Waals surface area contributed by atoms with Crippen molar-refractivity contribution in [2.75, 3.05) is 7.05 Å². The van der Waals surface area contributed by atoms with E-state index in [1.807, 2.05) is 37.4 Å². The van der Waals surface area contributed by atoms with Crippen LogP contribution < -0.4 is 0 Å². The van der Waals surface area contributed by atoms with Gasteiger partial charge in [-0.15, -0.1) is 0 Å². The molecule has 4 nitrogen and oxygen atoms in total. The number of benzene rings is 2. The molecule has 2 aromatic carbocycles. The Morgan fingerprint density at radius 2 is 1.59 bits per heavy atom. The van der Waals surface area contributed by atoms with Crippen LogP contribution in [0, 0.1) is 0 Å². The van der Waals surface area contributed by atoms with Crippen LogP contribution in [0.4, 0.5) is 0 Å². The van der Waals surface area contributed by atoms with E-state index in [4.69, 9.17) is 5.11 Å². The second-order valence-corrected chi connectivity index (χ2v) is 7.66. The molecule has 0 saturated heterocycles. The summed E-state index contributed by atoms with van der Waals surface area (Å²) in [6.07, 6.45) is 6.77. The fourth-order valence-electron chi connectivity index (χ4n) is 3.48. The van der Waals surface area contributed by atoms with Gasteiger partial charge < -0.3 is 10.0 Å². The number of rotatable bonds is 12. The molecule has 0 radical (unpaired) electrons. The Bertz CT molecular complexity index is 786. The molecule has 0 aliphatic heterocycles. The largest absolute Gasteiger partial charge is 0.481 e. The van der Waals surface area contributed by atoms with Crippen LogP contribution in [0.1, 0.15) is 63.0 Å². The molecule has 0 atom stereocenters. The van der Waals surface area contributed by atoms with Gasteiger partial charge in [0.15, 0.2) is 0 Å². The molecule has 0 fully saturated rings. The first-order chi connectivity index (χ1) is 14.0. The molecule has 1 amide bonds. The highest BCUT2D eigenvalue weighted by atomic mass is 16.4. The number of nitrogens with zero attached hydrogens (tertiary/aromatic N) is 1. The first-order valence-electron chi connectivity index (χ1n) is 10.6. The molecule has 0 aliphatic rings. The smallest absolute Gasteiger partial charge is 0.303 e. The summed E-state index contributed by atoms with van der Waals surface area (Å²) >= 11 is 0. The molecule has 29 heavy (non-hydrogen) atoms. The van der Waals surface area contributed by atoms with Crippen molar-refractivity contribution in [3.63, 3.8) is 0 Å². The summed E-state index contributed by atoms with van der Waals surface area (Å²) in [6.45, 7) is 2.69. The Balaban J connectivity index is 2.10. The number of hydrogen-bond acceptors (Lipinski definition) is 2. The van der Waals surface area contributed by atoms with E-state index in [1.165, 1.54) is 19.3 Å². The average Bonchev–Trinajstić information content (AvgIpc) is 2.73. The molecule has 0 aromatic heterocycles. The molecule has 1 N–H and O–H groups in total. The van der Waals surface area contributed by atoms with E-state index >= 15 is 0 Å². The molecule has 0 bridgehead atoms. The molecular formula is C25H33NO3. The monoisotopic (exact) mass is 395 g/mol. The van der Waals surface area contributed by atoms with Crippen molar-refractivity contribution in [2.45, 2.75) is 64.8 Å². The molecule has 156 valence electrons. The molecule has 2 rings (SSSR count). The Labute approximate surface area is 174 Å². The molecule has 2 aromatic rings. The Morgan fingerprint density at radius 3 is 2.28 bits per heavy atom. The van der Waals surface area contributed by atoms with Crippen LogP contribution in [0.15, 0.2) is 48.5 Å². The minimum absolute atomic E-state index is 0.0901. The van der Waals surface area contributed by atoms with Gasteiger partial charge >= 0.3 is 5.97 Å². The number of unbranched alkanes of at least 4 members (excludes halogenated alkanes) is 4. The number of carboxylic acids is 1. The zero-order valence-corrected chi connectivity index (χ0v) is 17.7. The summed E-state index contributed by atoms with van der Waals surface area (Å²) in [6, 6.07) is 16.2. The number of hydrogen-bond donors (Lipinski definition) is 1. The van der Waals surface area contributed by atoms with Crippen molar-refractivity contribution in [3.8, 4) is 11.1 Å². The molecule has 4 heteroatoms. The van der Waals surface area contributed by atoms with Gasteiger partial charge in [0.05, 0.1) is 0 Å². The van der Waals surface area contributed by atoms with Crippen molar-refractivity contribution >= 4 is 11.9 Å². The summed E-state index contributed by atoms with van der Waals surface area (Å²) < 4.78 is 0. The topological polar surface area (TPSA) is 57.6 Å². The summed E-state index contributed by atoms with van der Waals surface area (Å²) in [7, 11) is 1.84. The molecule has 0 spiro atoms. The van der Waals surface area contributed by atoms with Crippen molar-refractivity contribution in [3.05, 3.63) is 59.7 Å². The number of carboxylic acid groups (broad SMARTS) is 1. The van der Waals surface area contributed by atoms with Crippen molar-refractivity contribution in [2.24, 2.45) is 0 Å². The zero-order valence-electron chi connectivity index (χ0n) is 17.7. The van der Waals surface area contributed by atoms with Crippen molar-refractivity contribution in [1.29, 1.82) is 0 Å². The van der Waals surface area contributed by atoms with Crippen LogP contribution >= 0.6 is 0 Å². The highest BCUT2D eigenvalue weighted by molar-refractivity contribution is 5.76. The fourth-order valence-corrected chi connectivity index (χ4v) is 3.48. The van der Waals surface area contributed by atoms with Crippen LogP contribution in [-0.4, -0.2) is 28.9 Å². The third-order valence-corrected chi connectivity index (χ3v) is 5.25. The maximum Gasteiger partial charge on any atom is 0.303 e. The van der Waals surface area contributed by atoms with Gasteiger partial charge in [-0.1, -0.05) is 75.1 Å².